The van der Waals surface area contributed by atoms with E-state index < -0.39 is 23.5 Å². The molecule has 2 aliphatic heterocycles. The predicted molar refractivity (Wildman–Crippen MR) is 116 cm³/mol. The Bertz CT molecular complexity index is 995. The summed E-state index contributed by atoms with van der Waals surface area (Å²) in [6.07, 6.45) is 0.713. The van der Waals surface area contributed by atoms with Crippen molar-refractivity contribution in [3.05, 3.63) is 63.1 Å². The molecule has 0 aliphatic carbocycles. The maximum Gasteiger partial charge on any atom is 0.295 e. The Kier molecular flexibility index (Phi) is 6.50. The molecule has 3 heterocycles. The lowest BCUT2D eigenvalue weighted by atomic mass is 9.98. The molecule has 1 unspecified atom stereocenters. The molecule has 2 aromatic rings. The summed E-state index contributed by atoms with van der Waals surface area (Å²) in [6, 6.07) is 6.56. The van der Waals surface area contributed by atoms with E-state index in [1.807, 2.05) is 18.4 Å². The molecule has 1 aromatic heterocycles. The third kappa shape index (κ3) is 4.42. The lowest BCUT2D eigenvalue weighted by molar-refractivity contribution is -0.140. The van der Waals surface area contributed by atoms with Gasteiger partial charge in [-0.1, -0.05) is 0 Å². The molecule has 0 bridgehead atoms. The quantitative estimate of drug-likeness (QED) is 0.420. The minimum atomic E-state index is -0.703. The molecule has 4 rings (SSSR count). The minimum Gasteiger partial charge on any atom is -0.507 e. The number of Topliss-reactive ketones (excluding diaryl/α,β-unsaturated/α-hetero) is 1. The van der Waals surface area contributed by atoms with E-state index in [4.69, 9.17) is 4.74 Å². The fraction of sp³-hybridized carbons (Fsp3) is 0.391. The molecule has 0 radical (unpaired) electrons. The first-order chi connectivity index (χ1) is 15.0. The number of nitrogens with zero attached hydrogens (tertiary/aromatic N) is 2. The van der Waals surface area contributed by atoms with E-state index in [2.05, 4.69) is 4.90 Å². The number of likely N-dealkylation sites (tertiary alicyclic amines) is 1. The summed E-state index contributed by atoms with van der Waals surface area (Å²) in [7, 11) is 0. The Morgan fingerprint density at radius 3 is 2.52 bits per heavy atom. The van der Waals surface area contributed by atoms with Crippen LogP contribution in [0.15, 0.2) is 41.3 Å². The summed E-state index contributed by atoms with van der Waals surface area (Å²) in [5.74, 6) is -2.02. The Morgan fingerprint density at radius 2 is 1.87 bits per heavy atom. The van der Waals surface area contributed by atoms with Crippen LogP contribution in [0.5, 0.6) is 0 Å². The maximum absolute atomic E-state index is 13.3. The number of thiophene rings is 1. The lowest BCUT2D eigenvalue weighted by Crippen LogP contribution is -2.38. The number of benzene rings is 1. The van der Waals surface area contributed by atoms with Crippen LogP contribution >= 0.6 is 11.3 Å². The zero-order valence-corrected chi connectivity index (χ0v) is 18.2. The lowest BCUT2D eigenvalue weighted by Gasteiger charge is -2.29. The van der Waals surface area contributed by atoms with Gasteiger partial charge < -0.3 is 14.7 Å². The number of amides is 1. The zero-order chi connectivity index (χ0) is 22.0. The van der Waals surface area contributed by atoms with Gasteiger partial charge in [-0.05, 0) is 54.6 Å². The monoisotopic (exact) mass is 444 g/mol. The summed E-state index contributed by atoms with van der Waals surface area (Å²) in [4.78, 5) is 30.6. The van der Waals surface area contributed by atoms with Crippen molar-refractivity contribution in [2.45, 2.75) is 19.4 Å². The molecule has 8 heteroatoms. The highest BCUT2D eigenvalue weighted by Crippen LogP contribution is 2.42. The number of aliphatic hydroxyl groups excluding tert-OH is 1. The van der Waals surface area contributed by atoms with Crippen molar-refractivity contribution >= 4 is 28.8 Å². The maximum atomic E-state index is 13.3. The first kappa shape index (κ1) is 21.7. The van der Waals surface area contributed by atoms with Gasteiger partial charge in [0.2, 0.25) is 0 Å². The van der Waals surface area contributed by atoms with Gasteiger partial charge in [-0.3, -0.25) is 14.5 Å². The molecule has 2 saturated heterocycles. The molecule has 1 N–H and O–H groups in total. The van der Waals surface area contributed by atoms with Crippen molar-refractivity contribution < 1.29 is 23.8 Å². The molecule has 1 atom stereocenters. The van der Waals surface area contributed by atoms with Crippen LogP contribution in [0.25, 0.3) is 5.76 Å². The van der Waals surface area contributed by atoms with E-state index in [0.717, 1.165) is 30.1 Å². The van der Waals surface area contributed by atoms with Crippen LogP contribution in [0, 0.1) is 12.7 Å². The third-order valence-electron chi connectivity index (χ3n) is 5.78. The number of carbonyl (C=O) groups is 2. The van der Waals surface area contributed by atoms with Gasteiger partial charge in [-0.15, -0.1) is 11.3 Å². The number of hydrogen-bond acceptors (Lipinski definition) is 6. The summed E-state index contributed by atoms with van der Waals surface area (Å²) in [5, 5.41) is 12.9. The molecule has 2 aliphatic rings. The molecule has 1 amide bonds. The average Bonchev–Trinajstić information content (AvgIpc) is 3.30. The number of morpholine rings is 1. The Labute approximate surface area is 184 Å². The highest BCUT2D eigenvalue weighted by atomic mass is 32.1. The van der Waals surface area contributed by atoms with E-state index in [0.29, 0.717) is 31.7 Å². The average molecular weight is 445 g/mol. The standard InChI is InChI=1S/C23H25FN2O4S/c1-15-7-14-31-22(15)19-18(20(27)16-3-5-17(24)6-4-16)21(28)23(29)26(19)9-2-8-25-10-12-30-13-11-25/h3-7,14,19,27H,2,8-13H2,1H3. The van der Waals surface area contributed by atoms with E-state index >= 15 is 0 Å². The summed E-state index contributed by atoms with van der Waals surface area (Å²) < 4.78 is 18.7. The van der Waals surface area contributed by atoms with Gasteiger partial charge in [0.25, 0.3) is 11.7 Å². The van der Waals surface area contributed by atoms with E-state index in [9.17, 15) is 19.1 Å². The van der Waals surface area contributed by atoms with Crippen LogP contribution in [0.1, 0.15) is 28.5 Å². The first-order valence-corrected chi connectivity index (χ1v) is 11.2. The molecule has 6 nitrogen and oxygen atoms in total. The van der Waals surface area contributed by atoms with Gasteiger partial charge in [0.1, 0.15) is 11.6 Å². The van der Waals surface area contributed by atoms with Crippen LogP contribution in [0.3, 0.4) is 0 Å². The molecule has 31 heavy (non-hydrogen) atoms. The van der Waals surface area contributed by atoms with Gasteiger partial charge in [0, 0.05) is 36.6 Å². The zero-order valence-electron chi connectivity index (χ0n) is 17.3. The molecule has 0 spiro atoms. The Hall–Kier alpha value is -2.55. The summed E-state index contributed by atoms with van der Waals surface area (Å²) in [6.45, 7) is 6.27. The van der Waals surface area contributed by atoms with Gasteiger partial charge in [0.05, 0.1) is 24.8 Å². The number of rotatable bonds is 6. The van der Waals surface area contributed by atoms with Crippen LogP contribution < -0.4 is 0 Å². The molecular formula is C23H25FN2O4S. The van der Waals surface area contributed by atoms with Crippen LogP contribution in [0.4, 0.5) is 4.39 Å². The molecule has 1 aromatic carbocycles. The largest absolute Gasteiger partial charge is 0.507 e. The van der Waals surface area contributed by atoms with Crippen molar-refractivity contribution in [2.24, 2.45) is 0 Å². The van der Waals surface area contributed by atoms with Crippen LogP contribution in [-0.4, -0.2) is 66.0 Å². The van der Waals surface area contributed by atoms with Crippen LogP contribution in [0.2, 0.25) is 0 Å². The van der Waals surface area contributed by atoms with Gasteiger partial charge >= 0.3 is 0 Å². The fourth-order valence-electron chi connectivity index (χ4n) is 4.10. The van der Waals surface area contributed by atoms with Crippen molar-refractivity contribution in [1.29, 1.82) is 0 Å². The molecule has 164 valence electrons. The minimum absolute atomic E-state index is 0.0635. The predicted octanol–water partition coefficient (Wildman–Crippen LogP) is 3.34. The smallest absolute Gasteiger partial charge is 0.295 e. The number of aryl methyl sites for hydroxylation is 1. The first-order valence-electron chi connectivity index (χ1n) is 10.4. The van der Waals surface area contributed by atoms with E-state index in [1.165, 1.54) is 35.6 Å². The van der Waals surface area contributed by atoms with Crippen molar-refractivity contribution in [3.8, 4) is 0 Å². The SMILES string of the molecule is Cc1ccsc1C1C(=C(O)c2ccc(F)cc2)C(=O)C(=O)N1CCCN1CCOCC1. The van der Waals surface area contributed by atoms with Crippen molar-refractivity contribution in [3.63, 3.8) is 0 Å². The Balaban J connectivity index is 1.65. The van der Waals surface area contributed by atoms with E-state index in [-0.39, 0.29) is 11.3 Å². The Morgan fingerprint density at radius 1 is 1.16 bits per heavy atom. The van der Waals surface area contributed by atoms with Gasteiger partial charge in [-0.2, -0.15) is 0 Å². The van der Waals surface area contributed by atoms with Crippen LogP contribution in [-0.2, 0) is 14.3 Å². The topological polar surface area (TPSA) is 70.1 Å². The second-order valence-corrected chi connectivity index (χ2v) is 8.72. The number of hydrogen-bond donors (Lipinski definition) is 1. The summed E-state index contributed by atoms with van der Waals surface area (Å²) >= 11 is 1.46. The second-order valence-electron chi connectivity index (χ2n) is 7.77. The number of halogens is 1. The normalized spacial score (nSPS) is 21.7. The third-order valence-corrected chi connectivity index (χ3v) is 6.86. The van der Waals surface area contributed by atoms with E-state index in [1.54, 1.807) is 4.90 Å². The van der Waals surface area contributed by atoms with Crippen molar-refractivity contribution in [2.75, 3.05) is 39.4 Å². The van der Waals surface area contributed by atoms with Gasteiger partial charge in [-0.25, -0.2) is 4.39 Å². The number of ether oxygens (including phenoxy) is 1. The second kappa shape index (κ2) is 9.30. The number of carbonyl (C=O) groups excluding carboxylic acids is 2. The summed E-state index contributed by atoms with van der Waals surface area (Å²) in [5.41, 5.74) is 1.33. The highest BCUT2D eigenvalue weighted by molar-refractivity contribution is 7.10. The highest BCUT2D eigenvalue weighted by Gasteiger charge is 2.46. The molecular weight excluding hydrogens is 419 g/mol. The fourth-order valence-corrected chi connectivity index (χ4v) is 5.15. The van der Waals surface area contributed by atoms with Gasteiger partial charge in [0.15, 0.2) is 0 Å². The van der Waals surface area contributed by atoms with Crippen molar-refractivity contribution in [1.82, 2.24) is 9.80 Å². The number of ketones is 1. The molecule has 2 fully saturated rings. The number of aliphatic hydroxyl groups is 1. The molecule has 0 saturated carbocycles.